The second-order valence-corrected chi connectivity index (χ2v) is 5.32. The van der Waals surface area contributed by atoms with Crippen LogP contribution < -0.4 is 9.47 Å². The molecule has 21 heavy (non-hydrogen) atoms. The number of nitrogens with zero attached hydrogens (tertiary/aromatic N) is 1. The van der Waals surface area contributed by atoms with Gasteiger partial charge in [-0.05, 0) is 24.1 Å². The van der Waals surface area contributed by atoms with E-state index in [4.69, 9.17) is 14.2 Å². The third-order valence-electron chi connectivity index (χ3n) is 3.92. The molecule has 3 rings (SSSR count). The van der Waals surface area contributed by atoms with Gasteiger partial charge in [-0.2, -0.15) is 0 Å². The molecule has 2 aliphatic rings. The summed E-state index contributed by atoms with van der Waals surface area (Å²) in [6.07, 6.45) is 0.806. The number of carbonyl (C=O) groups excluding carboxylic acids is 1. The standard InChI is InChI=1S/C16H21NO4/c1-2-12-9-15-16(21-8-7-20-15)10-13(12)14(18)11-17-3-5-19-6-4-17/h9-10H,2-8,11H2,1H3. The first kappa shape index (κ1) is 14.4. The van der Waals surface area contributed by atoms with Crippen molar-refractivity contribution in [1.29, 1.82) is 0 Å². The monoisotopic (exact) mass is 291 g/mol. The van der Waals surface area contributed by atoms with E-state index in [1.807, 2.05) is 12.1 Å². The number of carbonyl (C=O) groups is 1. The number of ether oxygens (including phenoxy) is 3. The van der Waals surface area contributed by atoms with Crippen LogP contribution in [0.1, 0.15) is 22.8 Å². The van der Waals surface area contributed by atoms with Crippen LogP contribution in [0.2, 0.25) is 0 Å². The van der Waals surface area contributed by atoms with Crippen molar-refractivity contribution in [3.63, 3.8) is 0 Å². The van der Waals surface area contributed by atoms with Crippen LogP contribution in [-0.4, -0.2) is 56.7 Å². The van der Waals surface area contributed by atoms with Crippen molar-refractivity contribution in [3.05, 3.63) is 23.3 Å². The molecule has 0 bridgehead atoms. The van der Waals surface area contributed by atoms with Crippen LogP contribution in [0.4, 0.5) is 0 Å². The van der Waals surface area contributed by atoms with Crippen molar-refractivity contribution >= 4 is 5.78 Å². The number of hydrogen-bond donors (Lipinski definition) is 0. The lowest BCUT2D eigenvalue weighted by Gasteiger charge is -2.26. The molecule has 0 amide bonds. The van der Waals surface area contributed by atoms with Gasteiger partial charge in [0.05, 0.1) is 19.8 Å². The highest BCUT2D eigenvalue weighted by Gasteiger charge is 2.21. The summed E-state index contributed by atoms with van der Waals surface area (Å²) in [6.45, 7) is 6.64. The van der Waals surface area contributed by atoms with Gasteiger partial charge in [0, 0.05) is 18.7 Å². The van der Waals surface area contributed by atoms with E-state index in [-0.39, 0.29) is 5.78 Å². The molecule has 0 N–H and O–H groups in total. The molecule has 1 aromatic rings. The van der Waals surface area contributed by atoms with Crippen LogP contribution in [0.5, 0.6) is 11.5 Å². The minimum atomic E-state index is 0.144. The Morgan fingerprint density at radius 1 is 1.10 bits per heavy atom. The second-order valence-electron chi connectivity index (χ2n) is 5.32. The Hall–Kier alpha value is -1.59. The molecule has 0 aliphatic carbocycles. The van der Waals surface area contributed by atoms with Crippen molar-refractivity contribution in [3.8, 4) is 11.5 Å². The zero-order valence-electron chi connectivity index (χ0n) is 12.4. The number of hydrogen-bond acceptors (Lipinski definition) is 5. The topological polar surface area (TPSA) is 48.0 Å². The normalized spacial score (nSPS) is 18.5. The van der Waals surface area contributed by atoms with Crippen molar-refractivity contribution < 1.29 is 19.0 Å². The summed E-state index contributed by atoms with van der Waals surface area (Å²) in [4.78, 5) is 14.7. The summed E-state index contributed by atoms with van der Waals surface area (Å²) in [5.74, 6) is 1.58. The molecule has 0 radical (unpaired) electrons. The lowest BCUT2D eigenvalue weighted by Crippen LogP contribution is -2.39. The van der Waals surface area contributed by atoms with Gasteiger partial charge in [0.1, 0.15) is 13.2 Å². The zero-order valence-corrected chi connectivity index (χ0v) is 12.4. The molecule has 0 unspecified atom stereocenters. The maximum absolute atomic E-state index is 12.6. The number of Topliss-reactive ketones (excluding diaryl/α,β-unsaturated/α-hetero) is 1. The Morgan fingerprint density at radius 2 is 1.76 bits per heavy atom. The fraction of sp³-hybridized carbons (Fsp3) is 0.562. The molecule has 1 saturated heterocycles. The van der Waals surface area contributed by atoms with Gasteiger partial charge < -0.3 is 14.2 Å². The van der Waals surface area contributed by atoms with Crippen molar-refractivity contribution in [2.45, 2.75) is 13.3 Å². The predicted molar refractivity (Wildman–Crippen MR) is 78.4 cm³/mol. The average Bonchev–Trinajstić information content (AvgIpc) is 2.54. The van der Waals surface area contributed by atoms with Gasteiger partial charge in [0.25, 0.3) is 0 Å². The Kier molecular flexibility index (Phi) is 4.41. The van der Waals surface area contributed by atoms with Gasteiger partial charge in [0.2, 0.25) is 0 Å². The molecule has 1 fully saturated rings. The lowest BCUT2D eigenvalue weighted by molar-refractivity contribution is 0.0371. The fourth-order valence-electron chi connectivity index (χ4n) is 2.73. The lowest BCUT2D eigenvalue weighted by atomic mass is 9.99. The third kappa shape index (κ3) is 3.19. The van der Waals surface area contributed by atoms with Crippen molar-refractivity contribution in [1.82, 2.24) is 4.90 Å². The van der Waals surface area contributed by atoms with Gasteiger partial charge in [-0.3, -0.25) is 9.69 Å². The van der Waals surface area contributed by atoms with Gasteiger partial charge >= 0.3 is 0 Å². The third-order valence-corrected chi connectivity index (χ3v) is 3.92. The first-order valence-electron chi connectivity index (χ1n) is 7.53. The molecule has 5 nitrogen and oxygen atoms in total. The Balaban J connectivity index is 1.80. The van der Waals surface area contributed by atoms with E-state index in [1.165, 1.54) is 0 Å². The molecule has 0 spiro atoms. The highest BCUT2D eigenvalue weighted by Crippen LogP contribution is 2.33. The molecule has 0 aromatic heterocycles. The average molecular weight is 291 g/mol. The quantitative estimate of drug-likeness (QED) is 0.788. The highest BCUT2D eigenvalue weighted by atomic mass is 16.6. The van der Waals surface area contributed by atoms with Gasteiger partial charge in [-0.1, -0.05) is 6.92 Å². The van der Waals surface area contributed by atoms with E-state index in [9.17, 15) is 4.79 Å². The number of morpholine rings is 1. The smallest absolute Gasteiger partial charge is 0.177 e. The van der Waals surface area contributed by atoms with Crippen molar-refractivity contribution in [2.24, 2.45) is 0 Å². The van der Waals surface area contributed by atoms with Crippen LogP contribution in [0, 0.1) is 0 Å². The summed E-state index contributed by atoms with van der Waals surface area (Å²) in [6, 6.07) is 3.79. The van der Waals surface area contributed by atoms with Crippen LogP contribution in [-0.2, 0) is 11.2 Å². The number of rotatable bonds is 4. The Bertz CT molecular complexity index is 523. The first-order valence-corrected chi connectivity index (χ1v) is 7.53. The number of benzene rings is 1. The number of aryl methyl sites for hydroxylation is 1. The summed E-state index contributed by atoms with van der Waals surface area (Å²) in [5, 5.41) is 0. The van der Waals surface area contributed by atoms with Gasteiger partial charge in [-0.15, -0.1) is 0 Å². The van der Waals surface area contributed by atoms with E-state index in [1.54, 1.807) is 0 Å². The maximum Gasteiger partial charge on any atom is 0.177 e. The van der Waals surface area contributed by atoms with Crippen molar-refractivity contribution in [2.75, 3.05) is 46.1 Å². The molecule has 114 valence electrons. The van der Waals surface area contributed by atoms with E-state index < -0.39 is 0 Å². The molecule has 1 aromatic carbocycles. The Morgan fingerprint density at radius 3 is 2.43 bits per heavy atom. The molecule has 5 heteroatoms. The minimum Gasteiger partial charge on any atom is -0.486 e. The van der Waals surface area contributed by atoms with Crippen LogP contribution >= 0.6 is 0 Å². The molecule has 2 heterocycles. The number of ketones is 1. The van der Waals surface area contributed by atoms with Crippen LogP contribution in [0.15, 0.2) is 12.1 Å². The highest BCUT2D eigenvalue weighted by molar-refractivity contribution is 5.99. The first-order chi connectivity index (χ1) is 10.3. The van der Waals surface area contributed by atoms with Crippen LogP contribution in [0.25, 0.3) is 0 Å². The molecular formula is C16H21NO4. The number of fused-ring (bicyclic) bond motifs is 1. The van der Waals surface area contributed by atoms with E-state index in [0.717, 1.165) is 36.4 Å². The SMILES string of the molecule is CCc1cc2c(cc1C(=O)CN1CCOCC1)OCCO2. The van der Waals surface area contributed by atoms with E-state index >= 15 is 0 Å². The van der Waals surface area contributed by atoms with E-state index in [2.05, 4.69) is 11.8 Å². The summed E-state index contributed by atoms with van der Waals surface area (Å²) >= 11 is 0. The summed E-state index contributed by atoms with van der Waals surface area (Å²) in [5.41, 5.74) is 1.78. The summed E-state index contributed by atoms with van der Waals surface area (Å²) < 4.78 is 16.5. The molecular weight excluding hydrogens is 270 g/mol. The molecule has 0 saturated carbocycles. The fourth-order valence-corrected chi connectivity index (χ4v) is 2.73. The zero-order chi connectivity index (χ0) is 14.7. The second kappa shape index (κ2) is 6.45. The summed E-state index contributed by atoms with van der Waals surface area (Å²) in [7, 11) is 0. The minimum absolute atomic E-state index is 0.144. The van der Waals surface area contributed by atoms with Crippen LogP contribution in [0.3, 0.4) is 0 Å². The molecule has 2 aliphatic heterocycles. The largest absolute Gasteiger partial charge is 0.486 e. The Labute approximate surface area is 124 Å². The maximum atomic E-state index is 12.6. The van der Waals surface area contributed by atoms with Gasteiger partial charge in [0.15, 0.2) is 17.3 Å². The molecule has 0 atom stereocenters. The predicted octanol–water partition coefficient (Wildman–Crippen LogP) is 1.54. The van der Waals surface area contributed by atoms with Gasteiger partial charge in [-0.25, -0.2) is 0 Å². The van der Waals surface area contributed by atoms with E-state index in [0.29, 0.717) is 38.7 Å².